The van der Waals surface area contributed by atoms with Crippen LogP contribution in [0.2, 0.25) is 0 Å². The minimum Gasteiger partial charge on any atom is -0.324 e. The zero-order chi connectivity index (χ0) is 11.4. The molecular formula is C12H9N3O. The lowest BCUT2D eigenvalue weighted by molar-refractivity contribution is 0.0973. The molecule has 16 heavy (non-hydrogen) atoms. The van der Waals surface area contributed by atoms with Crippen molar-refractivity contribution < 1.29 is 4.79 Å². The molecule has 0 unspecified atom stereocenters. The molecule has 0 aliphatic rings. The third-order valence-corrected chi connectivity index (χ3v) is 2.18. The van der Waals surface area contributed by atoms with Crippen molar-refractivity contribution in [3.8, 4) is 11.9 Å². The molecule has 0 fully saturated rings. The second kappa shape index (κ2) is 4.32. The number of carbonyl (C=O) groups excluding carboxylic acids is 1. The van der Waals surface area contributed by atoms with E-state index in [4.69, 9.17) is 5.26 Å². The number of benzene rings is 1. The number of hydrogen-bond acceptors (Lipinski definition) is 2. The third kappa shape index (κ3) is 1.93. The number of hydrogen-bond donors (Lipinski definition) is 1. The van der Waals surface area contributed by atoms with E-state index < -0.39 is 5.91 Å². The van der Waals surface area contributed by atoms with Crippen LogP contribution >= 0.6 is 0 Å². The van der Waals surface area contributed by atoms with Gasteiger partial charge in [0.1, 0.15) is 0 Å². The summed E-state index contributed by atoms with van der Waals surface area (Å²) in [5.41, 5.74) is 1.35. The summed E-state index contributed by atoms with van der Waals surface area (Å²) in [6.07, 6.45) is 5.39. The van der Waals surface area contributed by atoms with Crippen LogP contribution in [0.5, 0.6) is 0 Å². The highest BCUT2D eigenvalue weighted by Crippen LogP contribution is 2.10. The monoisotopic (exact) mass is 211 g/mol. The summed E-state index contributed by atoms with van der Waals surface area (Å²) in [5.74, 6) is -0.392. The number of nitriles is 1. The van der Waals surface area contributed by atoms with Gasteiger partial charge in [0.15, 0.2) is 6.19 Å². The summed E-state index contributed by atoms with van der Waals surface area (Å²) in [6.45, 7) is 0. The van der Waals surface area contributed by atoms with E-state index >= 15 is 0 Å². The Morgan fingerprint density at radius 3 is 2.69 bits per heavy atom. The fraction of sp³-hybridized carbons (Fsp3) is 0. The first-order chi connectivity index (χ1) is 7.81. The van der Waals surface area contributed by atoms with Gasteiger partial charge in [-0.05, 0) is 30.3 Å². The van der Waals surface area contributed by atoms with Crippen molar-refractivity contribution in [2.45, 2.75) is 0 Å². The summed E-state index contributed by atoms with van der Waals surface area (Å²) in [5, 5.41) is 10.5. The maximum atomic E-state index is 11.4. The Labute approximate surface area is 92.7 Å². The molecule has 1 aromatic carbocycles. The van der Waals surface area contributed by atoms with Gasteiger partial charge in [0.2, 0.25) is 0 Å². The van der Waals surface area contributed by atoms with Gasteiger partial charge in [-0.15, -0.1) is 0 Å². The van der Waals surface area contributed by atoms with Crippen molar-refractivity contribution >= 4 is 5.91 Å². The van der Waals surface area contributed by atoms with E-state index in [1.807, 2.05) is 35.2 Å². The lowest BCUT2D eigenvalue weighted by Crippen LogP contribution is -2.17. The van der Waals surface area contributed by atoms with Gasteiger partial charge in [0, 0.05) is 23.6 Å². The van der Waals surface area contributed by atoms with Crippen molar-refractivity contribution in [1.29, 1.82) is 5.26 Å². The normalized spacial score (nSPS) is 9.44. The predicted octanol–water partition coefficient (Wildman–Crippen LogP) is 1.69. The molecule has 1 heterocycles. The number of aromatic nitrogens is 1. The maximum Gasteiger partial charge on any atom is 0.264 e. The van der Waals surface area contributed by atoms with Crippen molar-refractivity contribution in [1.82, 2.24) is 9.88 Å². The summed E-state index contributed by atoms with van der Waals surface area (Å²) in [6, 6.07) is 10.9. The molecule has 4 nitrogen and oxygen atoms in total. The Balaban J connectivity index is 2.34. The number of amides is 1. The molecule has 0 aliphatic carbocycles. The molecule has 2 aromatic rings. The van der Waals surface area contributed by atoms with E-state index in [1.165, 1.54) is 0 Å². The molecule has 0 saturated heterocycles. The third-order valence-electron chi connectivity index (χ3n) is 2.18. The van der Waals surface area contributed by atoms with E-state index in [0.29, 0.717) is 5.56 Å². The van der Waals surface area contributed by atoms with Crippen LogP contribution in [0.1, 0.15) is 10.4 Å². The first kappa shape index (κ1) is 9.99. The van der Waals surface area contributed by atoms with Gasteiger partial charge in [-0.2, -0.15) is 5.26 Å². The van der Waals surface area contributed by atoms with Crippen molar-refractivity contribution in [3.63, 3.8) is 0 Å². The molecule has 1 amide bonds. The van der Waals surface area contributed by atoms with E-state index in [1.54, 1.807) is 24.4 Å². The Hall–Kier alpha value is -2.54. The van der Waals surface area contributed by atoms with E-state index in [2.05, 4.69) is 5.32 Å². The minimum absolute atomic E-state index is 0.392. The maximum absolute atomic E-state index is 11.4. The van der Waals surface area contributed by atoms with Gasteiger partial charge in [-0.25, -0.2) is 0 Å². The molecule has 1 aromatic heterocycles. The van der Waals surface area contributed by atoms with E-state index in [-0.39, 0.29) is 0 Å². The van der Waals surface area contributed by atoms with Gasteiger partial charge in [-0.3, -0.25) is 10.1 Å². The zero-order valence-corrected chi connectivity index (χ0v) is 8.42. The number of nitrogens with zero attached hydrogens (tertiary/aromatic N) is 2. The van der Waals surface area contributed by atoms with Gasteiger partial charge in [-0.1, -0.05) is 6.07 Å². The lowest BCUT2D eigenvalue weighted by atomic mass is 10.2. The summed E-state index contributed by atoms with van der Waals surface area (Å²) in [4.78, 5) is 11.4. The van der Waals surface area contributed by atoms with Crippen LogP contribution in [-0.2, 0) is 0 Å². The molecule has 0 aliphatic heterocycles. The average Bonchev–Trinajstić information content (AvgIpc) is 2.83. The summed E-state index contributed by atoms with van der Waals surface area (Å²) < 4.78 is 1.89. The molecular weight excluding hydrogens is 202 g/mol. The van der Waals surface area contributed by atoms with Crippen LogP contribution in [0.3, 0.4) is 0 Å². The highest BCUT2D eigenvalue weighted by Gasteiger charge is 2.05. The first-order valence-corrected chi connectivity index (χ1v) is 4.74. The Morgan fingerprint density at radius 1 is 1.25 bits per heavy atom. The number of rotatable bonds is 2. The van der Waals surface area contributed by atoms with Crippen LogP contribution in [0, 0.1) is 11.5 Å². The summed E-state index contributed by atoms with van der Waals surface area (Å²) >= 11 is 0. The topological polar surface area (TPSA) is 57.8 Å². The molecule has 2 rings (SSSR count). The number of nitrogens with one attached hydrogen (secondary N) is 1. The van der Waals surface area contributed by atoms with Gasteiger partial charge in [0.25, 0.3) is 5.91 Å². The highest BCUT2D eigenvalue weighted by atomic mass is 16.1. The standard InChI is InChI=1S/C12H9N3O/c13-9-14-12(16)10-4-3-5-11(8-10)15-6-1-2-7-15/h1-8H,(H,14,16). The molecule has 0 radical (unpaired) electrons. The molecule has 4 heteroatoms. The van der Waals surface area contributed by atoms with Crippen LogP contribution in [0.25, 0.3) is 5.69 Å². The van der Waals surface area contributed by atoms with Crippen LogP contribution in [0.15, 0.2) is 48.8 Å². The molecule has 1 N–H and O–H groups in total. The lowest BCUT2D eigenvalue weighted by Gasteiger charge is -2.04. The minimum atomic E-state index is -0.392. The van der Waals surface area contributed by atoms with Crippen LogP contribution in [-0.4, -0.2) is 10.5 Å². The Bertz CT molecular complexity index is 538. The smallest absolute Gasteiger partial charge is 0.264 e. The van der Waals surface area contributed by atoms with Crippen molar-refractivity contribution in [3.05, 3.63) is 54.4 Å². The van der Waals surface area contributed by atoms with Crippen molar-refractivity contribution in [2.24, 2.45) is 0 Å². The van der Waals surface area contributed by atoms with Crippen LogP contribution in [0.4, 0.5) is 0 Å². The van der Waals surface area contributed by atoms with Gasteiger partial charge >= 0.3 is 0 Å². The quantitative estimate of drug-likeness (QED) is 0.607. The Morgan fingerprint density at radius 2 is 2.00 bits per heavy atom. The summed E-state index contributed by atoms with van der Waals surface area (Å²) in [7, 11) is 0. The molecule has 0 bridgehead atoms. The fourth-order valence-corrected chi connectivity index (χ4v) is 1.44. The molecule has 78 valence electrons. The fourth-order valence-electron chi connectivity index (χ4n) is 1.44. The largest absolute Gasteiger partial charge is 0.324 e. The molecule has 0 spiro atoms. The second-order valence-electron chi connectivity index (χ2n) is 3.21. The highest BCUT2D eigenvalue weighted by molar-refractivity contribution is 5.95. The Kier molecular flexibility index (Phi) is 2.70. The van der Waals surface area contributed by atoms with Gasteiger partial charge in [0.05, 0.1) is 0 Å². The van der Waals surface area contributed by atoms with E-state index in [9.17, 15) is 4.79 Å². The SMILES string of the molecule is N#CNC(=O)c1cccc(-n2cccc2)c1. The predicted molar refractivity (Wildman–Crippen MR) is 58.8 cm³/mol. The number of carbonyl (C=O) groups is 1. The molecule has 0 atom stereocenters. The average molecular weight is 211 g/mol. The zero-order valence-electron chi connectivity index (χ0n) is 8.42. The van der Waals surface area contributed by atoms with Gasteiger partial charge < -0.3 is 4.57 Å². The molecule has 0 saturated carbocycles. The second-order valence-corrected chi connectivity index (χ2v) is 3.21. The van der Waals surface area contributed by atoms with E-state index in [0.717, 1.165) is 5.69 Å². The van der Waals surface area contributed by atoms with Crippen molar-refractivity contribution in [2.75, 3.05) is 0 Å². The first-order valence-electron chi connectivity index (χ1n) is 4.74. The van der Waals surface area contributed by atoms with Crippen LogP contribution < -0.4 is 5.32 Å².